The number of halogens is 1. The fourth-order valence-electron chi connectivity index (χ4n) is 1.56. The van der Waals surface area contributed by atoms with Crippen LogP contribution in [-0.2, 0) is 6.61 Å². The van der Waals surface area contributed by atoms with E-state index in [9.17, 15) is 0 Å². The first-order valence-electron chi connectivity index (χ1n) is 5.67. The first-order valence-corrected chi connectivity index (χ1v) is 6.05. The van der Waals surface area contributed by atoms with E-state index in [-0.39, 0.29) is 0 Å². The van der Waals surface area contributed by atoms with Crippen molar-refractivity contribution in [3.63, 3.8) is 0 Å². The van der Waals surface area contributed by atoms with Crippen LogP contribution in [0.15, 0.2) is 30.3 Å². The van der Waals surface area contributed by atoms with Crippen molar-refractivity contribution in [3.05, 3.63) is 52.2 Å². The van der Waals surface area contributed by atoms with Gasteiger partial charge in [0.1, 0.15) is 18.2 Å². The summed E-state index contributed by atoms with van der Waals surface area (Å²) in [5.41, 5.74) is 8.70. The number of rotatable bonds is 3. The van der Waals surface area contributed by atoms with Crippen molar-refractivity contribution in [1.29, 1.82) is 0 Å². The van der Waals surface area contributed by atoms with Crippen LogP contribution in [0.5, 0.6) is 5.75 Å². The van der Waals surface area contributed by atoms with Crippen LogP contribution in [-0.4, -0.2) is 4.98 Å². The molecule has 4 heteroatoms. The van der Waals surface area contributed by atoms with Gasteiger partial charge in [0.2, 0.25) is 0 Å². The highest BCUT2D eigenvalue weighted by molar-refractivity contribution is 6.31. The molecule has 0 saturated heterocycles. The second kappa shape index (κ2) is 5.27. The van der Waals surface area contributed by atoms with Crippen LogP contribution < -0.4 is 10.5 Å². The molecule has 0 aliphatic rings. The van der Waals surface area contributed by atoms with E-state index < -0.39 is 0 Å². The minimum atomic E-state index is 0.312. The van der Waals surface area contributed by atoms with Gasteiger partial charge in [-0.2, -0.15) is 0 Å². The number of aromatic nitrogens is 1. The third-order valence-electron chi connectivity index (χ3n) is 2.79. The molecule has 1 aromatic heterocycles. The first-order chi connectivity index (χ1) is 8.56. The number of hydrogen-bond acceptors (Lipinski definition) is 3. The van der Waals surface area contributed by atoms with E-state index in [4.69, 9.17) is 22.1 Å². The van der Waals surface area contributed by atoms with Crippen LogP contribution >= 0.6 is 11.6 Å². The van der Waals surface area contributed by atoms with Gasteiger partial charge in [0.15, 0.2) is 0 Å². The molecule has 0 atom stereocenters. The van der Waals surface area contributed by atoms with Crippen molar-refractivity contribution in [2.75, 3.05) is 5.73 Å². The average Bonchev–Trinajstić information content (AvgIpc) is 2.34. The van der Waals surface area contributed by atoms with Crippen molar-refractivity contribution in [3.8, 4) is 5.75 Å². The minimum Gasteiger partial charge on any atom is -0.487 e. The SMILES string of the molecule is Cc1ccc(OCc2nc(N)ccc2Cl)cc1C. The lowest BCUT2D eigenvalue weighted by atomic mass is 10.1. The Morgan fingerprint density at radius 1 is 1.17 bits per heavy atom. The van der Waals surface area contributed by atoms with Gasteiger partial charge in [-0.25, -0.2) is 4.98 Å². The molecule has 0 aliphatic carbocycles. The maximum absolute atomic E-state index is 6.02. The van der Waals surface area contributed by atoms with E-state index in [0.29, 0.717) is 23.1 Å². The van der Waals surface area contributed by atoms with Crippen molar-refractivity contribution < 1.29 is 4.74 Å². The molecule has 0 fully saturated rings. The highest BCUT2D eigenvalue weighted by Gasteiger charge is 2.04. The van der Waals surface area contributed by atoms with Crippen LogP contribution in [0.25, 0.3) is 0 Å². The summed E-state index contributed by atoms with van der Waals surface area (Å²) in [7, 11) is 0. The van der Waals surface area contributed by atoms with Crippen LogP contribution in [0.4, 0.5) is 5.82 Å². The number of pyridine rings is 1. The molecule has 0 spiro atoms. The lowest BCUT2D eigenvalue weighted by Crippen LogP contribution is -2.02. The van der Waals surface area contributed by atoms with Gasteiger partial charge in [-0.1, -0.05) is 17.7 Å². The first kappa shape index (κ1) is 12.7. The molecule has 94 valence electrons. The molecule has 18 heavy (non-hydrogen) atoms. The molecule has 1 heterocycles. The van der Waals surface area contributed by atoms with Crippen molar-refractivity contribution >= 4 is 17.4 Å². The molecule has 0 unspecified atom stereocenters. The van der Waals surface area contributed by atoms with Crippen molar-refractivity contribution in [2.45, 2.75) is 20.5 Å². The van der Waals surface area contributed by atoms with Crippen LogP contribution in [0, 0.1) is 13.8 Å². The van der Waals surface area contributed by atoms with Gasteiger partial charge in [-0.3, -0.25) is 0 Å². The van der Waals surface area contributed by atoms with Gasteiger partial charge in [0, 0.05) is 0 Å². The van der Waals surface area contributed by atoms with E-state index >= 15 is 0 Å². The molecule has 0 amide bonds. The molecule has 2 rings (SSSR count). The summed E-state index contributed by atoms with van der Waals surface area (Å²) in [4.78, 5) is 4.15. The van der Waals surface area contributed by atoms with Crippen LogP contribution in [0.3, 0.4) is 0 Å². The maximum Gasteiger partial charge on any atom is 0.132 e. The summed E-state index contributed by atoms with van der Waals surface area (Å²) in [6.07, 6.45) is 0. The van der Waals surface area contributed by atoms with Gasteiger partial charge >= 0.3 is 0 Å². The zero-order valence-electron chi connectivity index (χ0n) is 10.4. The molecule has 2 N–H and O–H groups in total. The van der Waals surface area contributed by atoms with E-state index in [1.54, 1.807) is 12.1 Å². The summed E-state index contributed by atoms with van der Waals surface area (Å²) in [5.74, 6) is 1.25. The third-order valence-corrected chi connectivity index (χ3v) is 3.14. The summed E-state index contributed by atoms with van der Waals surface area (Å²) in [6.45, 7) is 4.43. The Morgan fingerprint density at radius 2 is 1.94 bits per heavy atom. The summed E-state index contributed by atoms with van der Waals surface area (Å²) in [5, 5.41) is 0.563. The Kier molecular flexibility index (Phi) is 3.72. The number of anilines is 1. The topological polar surface area (TPSA) is 48.1 Å². The second-order valence-corrected chi connectivity index (χ2v) is 4.61. The Morgan fingerprint density at radius 3 is 2.67 bits per heavy atom. The summed E-state index contributed by atoms with van der Waals surface area (Å²) in [6, 6.07) is 9.35. The normalized spacial score (nSPS) is 10.4. The molecule has 0 saturated carbocycles. The van der Waals surface area contributed by atoms with Gasteiger partial charge in [0.25, 0.3) is 0 Å². The summed E-state index contributed by atoms with van der Waals surface area (Å²) < 4.78 is 5.66. The minimum absolute atomic E-state index is 0.312. The van der Waals surface area contributed by atoms with Crippen molar-refractivity contribution in [1.82, 2.24) is 4.98 Å². The lowest BCUT2D eigenvalue weighted by Gasteiger charge is -2.09. The number of ether oxygens (including phenoxy) is 1. The summed E-state index contributed by atoms with van der Waals surface area (Å²) >= 11 is 6.02. The zero-order valence-corrected chi connectivity index (χ0v) is 11.2. The van der Waals surface area contributed by atoms with E-state index in [1.165, 1.54) is 11.1 Å². The number of aryl methyl sites for hydroxylation is 2. The predicted molar refractivity (Wildman–Crippen MR) is 73.9 cm³/mol. The van der Waals surface area contributed by atoms with Crippen LogP contribution in [0.2, 0.25) is 5.02 Å². The Bertz CT molecular complexity index is 570. The average molecular weight is 263 g/mol. The third kappa shape index (κ3) is 2.93. The molecular weight excluding hydrogens is 248 g/mol. The fourth-order valence-corrected chi connectivity index (χ4v) is 1.72. The molecule has 1 aromatic carbocycles. The largest absolute Gasteiger partial charge is 0.487 e. The molecular formula is C14H15ClN2O. The lowest BCUT2D eigenvalue weighted by molar-refractivity contribution is 0.301. The van der Waals surface area contributed by atoms with Gasteiger partial charge in [0.05, 0.1) is 10.7 Å². The van der Waals surface area contributed by atoms with E-state index in [1.807, 2.05) is 25.1 Å². The number of nitrogen functional groups attached to an aromatic ring is 1. The Hall–Kier alpha value is -1.74. The molecule has 0 aliphatic heterocycles. The van der Waals surface area contributed by atoms with Gasteiger partial charge in [-0.15, -0.1) is 0 Å². The Balaban J connectivity index is 2.11. The molecule has 0 radical (unpaired) electrons. The number of hydrogen-bond donors (Lipinski definition) is 1. The van der Waals surface area contributed by atoms with Crippen molar-refractivity contribution in [2.24, 2.45) is 0 Å². The second-order valence-electron chi connectivity index (χ2n) is 4.20. The van der Waals surface area contributed by atoms with Crippen LogP contribution in [0.1, 0.15) is 16.8 Å². The number of benzene rings is 1. The highest BCUT2D eigenvalue weighted by atomic mass is 35.5. The highest BCUT2D eigenvalue weighted by Crippen LogP contribution is 2.20. The number of nitrogens with two attached hydrogens (primary N) is 1. The van der Waals surface area contributed by atoms with E-state index in [0.717, 1.165) is 5.75 Å². The zero-order chi connectivity index (χ0) is 13.1. The maximum atomic E-state index is 6.02. The fraction of sp³-hybridized carbons (Fsp3) is 0.214. The van der Waals surface area contributed by atoms with E-state index in [2.05, 4.69) is 11.9 Å². The number of nitrogens with zero attached hydrogens (tertiary/aromatic N) is 1. The molecule has 2 aromatic rings. The smallest absolute Gasteiger partial charge is 0.132 e. The standard InChI is InChI=1S/C14H15ClN2O/c1-9-3-4-11(7-10(9)2)18-8-13-12(15)5-6-14(16)17-13/h3-7H,8H2,1-2H3,(H2,16,17). The molecule has 0 bridgehead atoms. The quantitative estimate of drug-likeness (QED) is 0.921. The molecule has 3 nitrogen and oxygen atoms in total. The van der Waals surface area contributed by atoms with Gasteiger partial charge in [-0.05, 0) is 49.2 Å². The predicted octanol–water partition coefficient (Wildman–Crippen LogP) is 3.51. The Labute approximate surface area is 112 Å². The van der Waals surface area contributed by atoms with Gasteiger partial charge < -0.3 is 10.5 Å². The monoisotopic (exact) mass is 262 g/mol.